The van der Waals surface area contributed by atoms with Gasteiger partial charge in [-0.1, -0.05) is 0 Å². The molecule has 84 valence electrons. The summed E-state index contributed by atoms with van der Waals surface area (Å²) in [6.45, 7) is 1.59. The second-order valence-corrected chi connectivity index (χ2v) is 3.24. The molecule has 0 fully saturated rings. The molecular weight excluding hydrogens is 214 g/mol. The quantitative estimate of drug-likeness (QED) is 0.654. The van der Waals surface area contributed by atoms with Gasteiger partial charge in [-0.3, -0.25) is 10.1 Å². The van der Waals surface area contributed by atoms with Crippen LogP contribution in [0.15, 0.2) is 6.20 Å². The van der Waals surface area contributed by atoms with Crippen LogP contribution in [0.1, 0.15) is 5.56 Å². The minimum absolute atomic E-state index is 0.0782. The molecule has 1 aliphatic heterocycles. The molecule has 16 heavy (non-hydrogen) atoms. The number of pyridine rings is 1. The van der Waals surface area contributed by atoms with Crippen molar-refractivity contribution in [2.24, 2.45) is 0 Å². The highest BCUT2D eigenvalue weighted by molar-refractivity contribution is 5.97. The predicted molar refractivity (Wildman–Crippen MR) is 54.7 cm³/mol. The first-order valence-corrected chi connectivity index (χ1v) is 4.50. The summed E-state index contributed by atoms with van der Waals surface area (Å²) >= 11 is 0. The average molecular weight is 223 g/mol. The van der Waals surface area contributed by atoms with Crippen LogP contribution in [0.3, 0.4) is 0 Å². The number of carbonyl (C=O) groups is 2. The van der Waals surface area contributed by atoms with Crippen LogP contribution >= 0.6 is 0 Å². The molecule has 7 heteroatoms. The second-order valence-electron chi connectivity index (χ2n) is 3.24. The summed E-state index contributed by atoms with van der Waals surface area (Å²) in [5.74, 6) is 0.0120. The molecule has 1 aromatic heterocycles. The lowest BCUT2D eigenvalue weighted by Gasteiger charge is -2.19. The molecule has 2 heterocycles. The smallest absolute Gasteiger partial charge is 0.409 e. The van der Waals surface area contributed by atoms with Gasteiger partial charge in [-0.25, -0.2) is 9.78 Å². The minimum atomic E-state index is -1.19. The van der Waals surface area contributed by atoms with Gasteiger partial charge < -0.3 is 15.2 Å². The van der Waals surface area contributed by atoms with Crippen LogP contribution in [-0.4, -0.2) is 28.7 Å². The minimum Gasteiger partial charge on any atom is -0.466 e. The molecule has 3 N–H and O–H groups in total. The Morgan fingerprint density at radius 2 is 2.44 bits per heavy atom. The highest BCUT2D eigenvalue weighted by Crippen LogP contribution is 2.32. The number of fused-ring (bicyclic) bond motifs is 1. The van der Waals surface area contributed by atoms with Crippen molar-refractivity contribution in [2.75, 3.05) is 17.2 Å². The molecule has 7 nitrogen and oxygen atoms in total. The number of hydrogen-bond acceptors (Lipinski definition) is 4. The Balaban J connectivity index is 2.41. The van der Waals surface area contributed by atoms with E-state index in [1.165, 1.54) is 6.20 Å². The van der Waals surface area contributed by atoms with Crippen LogP contribution < -0.4 is 15.4 Å². The van der Waals surface area contributed by atoms with E-state index in [1.54, 1.807) is 6.92 Å². The molecule has 2 rings (SSSR count). The van der Waals surface area contributed by atoms with Gasteiger partial charge in [0.15, 0.2) is 6.61 Å². The van der Waals surface area contributed by atoms with Crippen LogP contribution in [0, 0.1) is 6.92 Å². The molecule has 0 aliphatic carbocycles. The number of anilines is 2. The van der Waals surface area contributed by atoms with Gasteiger partial charge in [-0.05, 0) is 6.92 Å². The zero-order chi connectivity index (χ0) is 11.7. The number of carboxylic acid groups (broad SMARTS) is 1. The van der Waals surface area contributed by atoms with E-state index in [4.69, 9.17) is 9.84 Å². The van der Waals surface area contributed by atoms with Crippen molar-refractivity contribution in [3.05, 3.63) is 11.8 Å². The van der Waals surface area contributed by atoms with Gasteiger partial charge in [-0.2, -0.15) is 0 Å². The first-order valence-electron chi connectivity index (χ1n) is 4.50. The second kappa shape index (κ2) is 3.69. The Labute approximate surface area is 90.4 Å². The summed E-state index contributed by atoms with van der Waals surface area (Å²) in [6.07, 6.45) is 0.160. The van der Waals surface area contributed by atoms with Crippen LogP contribution in [0.4, 0.5) is 16.2 Å². The fraction of sp³-hybridized carbons (Fsp3) is 0.222. The summed E-state index contributed by atoms with van der Waals surface area (Å²) in [6, 6.07) is 0. The molecule has 1 aromatic rings. The lowest BCUT2D eigenvalue weighted by molar-refractivity contribution is -0.118. The number of amides is 2. The van der Waals surface area contributed by atoms with Crippen molar-refractivity contribution < 1.29 is 19.4 Å². The number of carbonyl (C=O) groups excluding carboxylic acids is 1. The van der Waals surface area contributed by atoms with Gasteiger partial charge in [0.1, 0.15) is 5.69 Å². The van der Waals surface area contributed by atoms with Crippen LogP contribution in [-0.2, 0) is 4.79 Å². The monoisotopic (exact) mass is 223 g/mol. The van der Waals surface area contributed by atoms with Gasteiger partial charge in [0.2, 0.25) is 5.88 Å². The Morgan fingerprint density at radius 1 is 1.69 bits per heavy atom. The maximum atomic E-state index is 11.1. The summed E-state index contributed by atoms with van der Waals surface area (Å²) in [7, 11) is 0. The summed E-state index contributed by atoms with van der Waals surface area (Å²) in [5.41, 5.74) is 1.29. The zero-order valence-electron chi connectivity index (χ0n) is 8.40. The number of nitrogens with zero attached hydrogens (tertiary/aromatic N) is 1. The third kappa shape index (κ3) is 1.74. The van der Waals surface area contributed by atoms with Crippen LogP contribution in [0.25, 0.3) is 0 Å². The molecule has 0 saturated carbocycles. The molecule has 0 unspecified atom stereocenters. The van der Waals surface area contributed by atoms with Crippen molar-refractivity contribution in [1.29, 1.82) is 0 Å². The van der Waals surface area contributed by atoms with E-state index in [-0.39, 0.29) is 12.5 Å². The van der Waals surface area contributed by atoms with E-state index in [1.807, 2.05) is 0 Å². The van der Waals surface area contributed by atoms with Crippen molar-refractivity contribution in [3.8, 4) is 5.88 Å². The number of rotatable bonds is 1. The summed E-state index contributed by atoms with van der Waals surface area (Å²) < 4.78 is 5.08. The molecule has 2 amide bonds. The van der Waals surface area contributed by atoms with E-state index in [9.17, 15) is 9.59 Å². The third-order valence-corrected chi connectivity index (χ3v) is 2.15. The Hall–Kier alpha value is -2.31. The van der Waals surface area contributed by atoms with Crippen molar-refractivity contribution in [3.63, 3.8) is 0 Å². The van der Waals surface area contributed by atoms with E-state index in [0.29, 0.717) is 22.8 Å². The Kier molecular flexibility index (Phi) is 2.35. The SMILES string of the molecule is Cc1c(NC(=O)O)cnc2c1NC(=O)CO2. The van der Waals surface area contributed by atoms with Gasteiger partial charge in [0.05, 0.1) is 11.9 Å². The van der Waals surface area contributed by atoms with E-state index >= 15 is 0 Å². The van der Waals surface area contributed by atoms with Gasteiger partial charge >= 0.3 is 6.09 Å². The van der Waals surface area contributed by atoms with Crippen LogP contribution in [0.2, 0.25) is 0 Å². The lowest BCUT2D eigenvalue weighted by atomic mass is 10.2. The highest BCUT2D eigenvalue weighted by Gasteiger charge is 2.21. The lowest BCUT2D eigenvalue weighted by Crippen LogP contribution is -2.27. The molecule has 0 aromatic carbocycles. The number of aromatic nitrogens is 1. The molecule has 0 spiro atoms. The van der Waals surface area contributed by atoms with E-state index in [0.717, 1.165) is 0 Å². The van der Waals surface area contributed by atoms with Gasteiger partial charge in [-0.15, -0.1) is 0 Å². The van der Waals surface area contributed by atoms with E-state index < -0.39 is 6.09 Å². The highest BCUT2D eigenvalue weighted by atomic mass is 16.5. The first kappa shape index (κ1) is 10.2. The number of hydrogen-bond donors (Lipinski definition) is 3. The Morgan fingerprint density at radius 3 is 3.12 bits per heavy atom. The van der Waals surface area contributed by atoms with Gasteiger partial charge in [0, 0.05) is 5.56 Å². The maximum Gasteiger partial charge on any atom is 0.409 e. The number of nitrogens with one attached hydrogen (secondary N) is 2. The predicted octanol–water partition coefficient (Wildman–Crippen LogP) is 0.811. The summed E-state index contributed by atoms with van der Waals surface area (Å²) in [5, 5.41) is 13.4. The molecule has 0 saturated heterocycles. The topological polar surface area (TPSA) is 101 Å². The molecule has 0 atom stereocenters. The van der Waals surface area contributed by atoms with Crippen LogP contribution in [0.5, 0.6) is 5.88 Å². The normalized spacial score (nSPS) is 13.4. The first-order chi connectivity index (χ1) is 7.58. The van der Waals surface area contributed by atoms with Crippen molar-refractivity contribution >= 4 is 23.4 Å². The molecule has 0 bridgehead atoms. The standard InChI is InChI=1S/C9H9N3O4/c1-4-5(11-9(14)15)2-10-8-7(4)12-6(13)3-16-8/h2,11H,3H2,1H3,(H,12,13)(H,14,15). The van der Waals surface area contributed by atoms with Crippen molar-refractivity contribution in [2.45, 2.75) is 6.92 Å². The number of ether oxygens (including phenoxy) is 1. The third-order valence-electron chi connectivity index (χ3n) is 2.15. The molecule has 0 radical (unpaired) electrons. The fourth-order valence-corrected chi connectivity index (χ4v) is 1.39. The molecule has 1 aliphatic rings. The summed E-state index contributed by atoms with van der Waals surface area (Å²) in [4.78, 5) is 25.5. The fourth-order valence-electron chi connectivity index (χ4n) is 1.39. The van der Waals surface area contributed by atoms with Crippen molar-refractivity contribution in [1.82, 2.24) is 4.98 Å². The average Bonchev–Trinajstić information content (AvgIpc) is 2.22. The zero-order valence-corrected chi connectivity index (χ0v) is 8.40. The van der Waals surface area contributed by atoms with E-state index in [2.05, 4.69) is 15.6 Å². The molecular formula is C9H9N3O4. The Bertz CT molecular complexity index is 472. The largest absolute Gasteiger partial charge is 0.466 e. The maximum absolute atomic E-state index is 11.1. The van der Waals surface area contributed by atoms with Gasteiger partial charge in [0.25, 0.3) is 5.91 Å².